The SMILES string of the molecule is CCOC(=O)[C@H]1O[C@@H]1C(=O)NC(CC(F)(F)F)C(=O)N(C)CCC(C)C.[HH]. The van der Waals surface area contributed by atoms with Gasteiger partial charge in [-0.25, -0.2) is 4.79 Å². The van der Waals surface area contributed by atoms with Crippen molar-refractivity contribution >= 4 is 17.8 Å². The molecule has 1 saturated heterocycles. The first-order valence-corrected chi connectivity index (χ1v) is 8.40. The van der Waals surface area contributed by atoms with Gasteiger partial charge in [0.05, 0.1) is 13.0 Å². The fourth-order valence-electron chi connectivity index (χ4n) is 2.23. The van der Waals surface area contributed by atoms with Crippen LogP contribution in [0.1, 0.15) is 35.0 Å². The Morgan fingerprint density at radius 1 is 1.27 bits per heavy atom. The number of hydrogen-bond acceptors (Lipinski definition) is 5. The fraction of sp³-hybridized carbons (Fsp3) is 0.812. The van der Waals surface area contributed by atoms with Gasteiger partial charge in [-0.15, -0.1) is 0 Å². The molecule has 0 bridgehead atoms. The van der Waals surface area contributed by atoms with E-state index in [1.165, 1.54) is 7.05 Å². The highest BCUT2D eigenvalue weighted by Gasteiger charge is 2.52. The minimum Gasteiger partial charge on any atom is -0.464 e. The van der Waals surface area contributed by atoms with Crippen LogP contribution >= 0.6 is 0 Å². The number of esters is 1. The van der Waals surface area contributed by atoms with Gasteiger partial charge in [-0.1, -0.05) is 13.8 Å². The van der Waals surface area contributed by atoms with Gasteiger partial charge in [-0.05, 0) is 19.3 Å². The van der Waals surface area contributed by atoms with Crippen LogP contribution in [0.25, 0.3) is 0 Å². The molecule has 1 aliphatic rings. The molecule has 1 N–H and O–H groups in total. The molecule has 1 aliphatic heterocycles. The molecule has 0 radical (unpaired) electrons. The standard InChI is InChI=1S/C16H25F3N2O5.H2/c1-5-25-15(24)12-11(26-12)13(22)20-10(8-16(17,18)19)14(23)21(4)7-6-9(2)3;/h9-12H,5-8H2,1-4H3,(H,20,22);1H/t10?,11-,12-;/m0./s1. The number of rotatable bonds is 9. The number of nitrogens with zero attached hydrogens (tertiary/aromatic N) is 1. The Kier molecular flexibility index (Phi) is 7.86. The fourth-order valence-corrected chi connectivity index (χ4v) is 2.23. The van der Waals surface area contributed by atoms with Crippen molar-refractivity contribution in [1.82, 2.24) is 10.2 Å². The van der Waals surface area contributed by atoms with Crippen molar-refractivity contribution in [3.63, 3.8) is 0 Å². The molecule has 3 atom stereocenters. The van der Waals surface area contributed by atoms with E-state index in [2.05, 4.69) is 4.74 Å². The smallest absolute Gasteiger partial charge is 0.391 e. The van der Waals surface area contributed by atoms with Crippen molar-refractivity contribution in [3.8, 4) is 0 Å². The molecule has 7 nitrogen and oxygen atoms in total. The number of amides is 2. The first-order chi connectivity index (χ1) is 12.0. The number of carbonyl (C=O) groups is 3. The third-order valence-corrected chi connectivity index (χ3v) is 3.74. The summed E-state index contributed by atoms with van der Waals surface area (Å²) in [6.45, 7) is 5.77. The van der Waals surface area contributed by atoms with Crippen molar-refractivity contribution in [1.29, 1.82) is 0 Å². The van der Waals surface area contributed by atoms with Gasteiger partial charge in [-0.3, -0.25) is 9.59 Å². The maximum absolute atomic E-state index is 12.8. The van der Waals surface area contributed by atoms with Gasteiger partial charge in [0.15, 0.2) is 12.2 Å². The molecule has 0 aromatic rings. The molecule has 0 saturated carbocycles. The zero-order valence-electron chi connectivity index (χ0n) is 15.3. The zero-order valence-corrected chi connectivity index (χ0v) is 15.3. The van der Waals surface area contributed by atoms with Gasteiger partial charge in [0.1, 0.15) is 6.04 Å². The minimum absolute atomic E-state index is 0. The Bertz CT molecular complexity index is 531. The molecular weight excluding hydrogens is 357 g/mol. The summed E-state index contributed by atoms with van der Waals surface area (Å²) >= 11 is 0. The summed E-state index contributed by atoms with van der Waals surface area (Å²) in [5.74, 6) is -2.28. The average Bonchev–Trinajstić information content (AvgIpc) is 3.30. The van der Waals surface area contributed by atoms with E-state index >= 15 is 0 Å². The summed E-state index contributed by atoms with van der Waals surface area (Å²) < 4.78 is 47.9. The van der Waals surface area contributed by atoms with Crippen molar-refractivity contribution in [2.24, 2.45) is 5.92 Å². The maximum Gasteiger partial charge on any atom is 0.391 e. The molecule has 1 rings (SSSR count). The number of hydrogen-bond donors (Lipinski definition) is 1. The molecule has 0 aliphatic carbocycles. The van der Waals surface area contributed by atoms with E-state index < -0.39 is 48.6 Å². The van der Waals surface area contributed by atoms with E-state index in [9.17, 15) is 27.6 Å². The first kappa shape index (κ1) is 22.2. The van der Waals surface area contributed by atoms with Crippen LogP contribution in [0.15, 0.2) is 0 Å². The zero-order chi connectivity index (χ0) is 20.1. The maximum atomic E-state index is 12.8. The number of ether oxygens (including phenoxy) is 2. The molecule has 1 unspecified atom stereocenters. The lowest BCUT2D eigenvalue weighted by Gasteiger charge is -2.25. The number of epoxide rings is 1. The second kappa shape index (κ2) is 9.20. The topological polar surface area (TPSA) is 88.2 Å². The van der Waals surface area contributed by atoms with Crippen LogP contribution in [-0.2, 0) is 23.9 Å². The van der Waals surface area contributed by atoms with Crippen LogP contribution in [0.3, 0.4) is 0 Å². The predicted molar refractivity (Wildman–Crippen MR) is 87.1 cm³/mol. The van der Waals surface area contributed by atoms with Crippen LogP contribution in [-0.4, -0.2) is 67.3 Å². The second-order valence-electron chi connectivity index (χ2n) is 6.55. The Morgan fingerprint density at radius 3 is 2.38 bits per heavy atom. The Labute approximate surface area is 151 Å². The average molecular weight is 384 g/mol. The first-order valence-electron chi connectivity index (χ1n) is 8.40. The lowest BCUT2D eigenvalue weighted by atomic mass is 10.1. The summed E-state index contributed by atoms with van der Waals surface area (Å²) in [6, 6.07) is -1.77. The molecule has 0 aromatic carbocycles. The number of carbonyl (C=O) groups excluding carboxylic acids is 3. The predicted octanol–water partition coefficient (Wildman–Crippen LogP) is 1.50. The molecule has 1 heterocycles. The number of nitrogens with one attached hydrogen (secondary N) is 1. The molecule has 2 amide bonds. The van der Waals surface area contributed by atoms with E-state index in [0.717, 1.165) is 4.90 Å². The third-order valence-electron chi connectivity index (χ3n) is 3.74. The van der Waals surface area contributed by atoms with E-state index in [0.29, 0.717) is 6.42 Å². The molecule has 0 spiro atoms. The lowest BCUT2D eigenvalue weighted by Crippen LogP contribution is -2.51. The third kappa shape index (κ3) is 7.19. The highest BCUT2D eigenvalue weighted by Crippen LogP contribution is 2.26. The highest BCUT2D eigenvalue weighted by molar-refractivity contribution is 5.95. The monoisotopic (exact) mass is 384 g/mol. The number of likely N-dealkylation sites (N-methyl/N-ethyl adjacent to an activating group) is 1. The normalized spacial score (nSPS) is 20.5. The summed E-state index contributed by atoms with van der Waals surface area (Å²) in [5.41, 5.74) is 0. The molecule has 10 heteroatoms. The van der Waals surface area contributed by atoms with Crippen LogP contribution in [0.4, 0.5) is 13.2 Å². The molecule has 152 valence electrons. The molecule has 0 aromatic heterocycles. The number of halogens is 3. The Balaban J connectivity index is 0.00000676. The van der Waals surface area contributed by atoms with Crippen LogP contribution in [0.5, 0.6) is 0 Å². The molecule has 1 fully saturated rings. The van der Waals surface area contributed by atoms with Gasteiger partial charge in [0, 0.05) is 15.0 Å². The second-order valence-corrected chi connectivity index (χ2v) is 6.55. The van der Waals surface area contributed by atoms with E-state index in [1.54, 1.807) is 6.92 Å². The van der Waals surface area contributed by atoms with Crippen molar-refractivity contribution in [2.75, 3.05) is 20.2 Å². The summed E-state index contributed by atoms with van der Waals surface area (Å²) in [6.07, 6.45) is -7.91. The van der Waals surface area contributed by atoms with E-state index in [4.69, 9.17) is 4.74 Å². The van der Waals surface area contributed by atoms with Gasteiger partial charge in [-0.2, -0.15) is 13.2 Å². The highest BCUT2D eigenvalue weighted by atomic mass is 19.4. The van der Waals surface area contributed by atoms with Crippen molar-refractivity contribution < 1.29 is 38.5 Å². The minimum atomic E-state index is -4.64. The quantitative estimate of drug-likeness (QED) is 0.481. The summed E-state index contributed by atoms with van der Waals surface area (Å²) in [4.78, 5) is 36.9. The van der Waals surface area contributed by atoms with Crippen LogP contribution in [0, 0.1) is 5.92 Å². The van der Waals surface area contributed by atoms with Crippen molar-refractivity contribution in [3.05, 3.63) is 0 Å². The summed E-state index contributed by atoms with van der Waals surface area (Å²) in [5, 5.41) is 2.05. The van der Waals surface area contributed by atoms with E-state index in [-0.39, 0.29) is 20.5 Å². The van der Waals surface area contributed by atoms with E-state index in [1.807, 2.05) is 19.2 Å². The van der Waals surface area contributed by atoms with Gasteiger partial charge in [0.2, 0.25) is 5.91 Å². The largest absolute Gasteiger partial charge is 0.464 e. The van der Waals surface area contributed by atoms with Gasteiger partial charge < -0.3 is 19.7 Å². The van der Waals surface area contributed by atoms with Crippen molar-refractivity contribution in [2.45, 2.75) is 58.0 Å². The number of alkyl halides is 3. The van der Waals surface area contributed by atoms with Gasteiger partial charge in [0.25, 0.3) is 5.91 Å². The summed E-state index contributed by atoms with van der Waals surface area (Å²) in [7, 11) is 1.38. The molecular formula is C16H27F3N2O5. The van der Waals surface area contributed by atoms with Crippen LogP contribution in [0.2, 0.25) is 0 Å². The lowest BCUT2D eigenvalue weighted by molar-refractivity contribution is -0.155. The molecule has 26 heavy (non-hydrogen) atoms. The van der Waals surface area contributed by atoms with Gasteiger partial charge >= 0.3 is 12.1 Å². The Morgan fingerprint density at radius 2 is 1.88 bits per heavy atom. The van der Waals surface area contributed by atoms with Crippen LogP contribution < -0.4 is 5.32 Å². The Hall–Kier alpha value is -1.84.